The standard InChI is InChI=1S/C14H14BrFN2O3/c1-7-4-10(9(3)21-7)8(2)17-13-6-12(16)11(15)5-14(13)18(19)20/h4-6,8,17H,1-3H3. The molecule has 1 aromatic heterocycles. The van der Waals surface area contributed by atoms with Gasteiger partial charge in [0, 0.05) is 17.7 Å². The molecule has 0 amide bonds. The molecule has 1 N–H and O–H groups in total. The van der Waals surface area contributed by atoms with Crippen molar-refractivity contribution in [2.75, 3.05) is 5.32 Å². The molecule has 0 aliphatic rings. The number of anilines is 1. The Labute approximate surface area is 129 Å². The zero-order valence-electron chi connectivity index (χ0n) is 11.7. The fraction of sp³-hybridized carbons (Fsp3) is 0.286. The molecule has 0 radical (unpaired) electrons. The molecule has 7 heteroatoms. The summed E-state index contributed by atoms with van der Waals surface area (Å²) in [7, 11) is 0. The number of hydrogen-bond donors (Lipinski definition) is 1. The third-order valence-corrected chi connectivity index (χ3v) is 3.76. The molecule has 1 heterocycles. The molecule has 0 bridgehead atoms. The van der Waals surface area contributed by atoms with Crippen molar-refractivity contribution < 1.29 is 13.7 Å². The van der Waals surface area contributed by atoms with Crippen LogP contribution in [0, 0.1) is 29.8 Å². The number of rotatable bonds is 4. The van der Waals surface area contributed by atoms with Gasteiger partial charge in [-0.2, -0.15) is 0 Å². The van der Waals surface area contributed by atoms with Gasteiger partial charge in [0.05, 0.1) is 15.4 Å². The number of aryl methyl sites for hydroxylation is 2. The molecular formula is C14H14BrFN2O3. The molecule has 0 spiro atoms. The van der Waals surface area contributed by atoms with Crippen LogP contribution in [0.4, 0.5) is 15.8 Å². The van der Waals surface area contributed by atoms with E-state index in [9.17, 15) is 14.5 Å². The normalized spacial score (nSPS) is 12.2. The summed E-state index contributed by atoms with van der Waals surface area (Å²) in [6, 6.07) is 3.87. The Hall–Kier alpha value is -1.89. The average Bonchev–Trinajstić information content (AvgIpc) is 2.72. The molecule has 0 aliphatic carbocycles. The third-order valence-electron chi connectivity index (χ3n) is 3.15. The summed E-state index contributed by atoms with van der Waals surface area (Å²) in [5, 5.41) is 14.0. The Balaban J connectivity index is 2.36. The molecule has 21 heavy (non-hydrogen) atoms. The van der Waals surface area contributed by atoms with Crippen molar-refractivity contribution in [3.8, 4) is 0 Å². The van der Waals surface area contributed by atoms with Gasteiger partial charge < -0.3 is 9.73 Å². The molecule has 112 valence electrons. The van der Waals surface area contributed by atoms with Crippen LogP contribution < -0.4 is 5.32 Å². The summed E-state index contributed by atoms with van der Waals surface area (Å²) in [6.45, 7) is 5.48. The first kappa shape index (κ1) is 15.5. The van der Waals surface area contributed by atoms with Crippen LogP contribution in [-0.2, 0) is 0 Å². The van der Waals surface area contributed by atoms with Crippen LogP contribution >= 0.6 is 15.9 Å². The number of nitro benzene ring substituents is 1. The molecule has 1 unspecified atom stereocenters. The van der Waals surface area contributed by atoms with Gasteiger partial charge in [0.15, 0.2) is 0 Å². The highest BCUT2D eigenvalue weighted by atomic mass is 79.9. The summed E-state index contributed by atoms with van der Waals surface area (Å²) in [4.78, 5) is 10.5. The molecule has 2 rings (SSSR count). The van der Waals surface area contributed by atoms with Crippen LogP contribution in [0.2, 0.25) is 0 Å². The quantitative estimate of drug-likeness (QED) is 0.626. The van der Waals surface area contributed by atoms with E-state index >= 15 is 0 Å². The zero-order chi connectivity index (χ0) is 15.7. The van der Waals surface area contributed by atoms with Gasteiger partial charge in [0.25, 0.3) is 5.69 Å². The second-order valence-corrected chi connectivity index (χ2v) is 5.63. The smallest absolute Gasteiger partial charge is 0.293 e. The monoisotopic (exact) mass is 356 g/mol. The lowest BCUT2D eigenvalue weighted by atomic mass is 10.1. The number of nitrogens with zero attached hydrogens (tertiary/aromatic N) is 1. The predicted octanol–water partition coefficient (Wildman–Crippen LogP) is 4.88. The maximum Gasteiger partial charge on any atom is 0.293 e. The lowest BCUT2D eigenvalue weighted by Gasteiger charge is -2.15. The summed E-state index contributed by atoms with van der Waals surface area (Å²) < 4.78 is 19.1. The van der Waals surface area contributed by atoms with Gasteiger partial charge >= 0.3 is 0 Å². The third kappa shape index (κ3) is 3.24. The fourth-order valence-electron chi connectivity index (χ4n) is 2.19. The second kappa shape index (κ2) is 5.85. The van der Waals surface area contributed by atoms with Crippen molar-refractivity contribution in [3.63, 3.8) is 0 Å². The number of benzene rings is 1. The summed E-state index contributed by atoms with van der Waals surface area (Å²) in [5.41, 5.74) is 0.824. The Kier molecular flexibility index (Phi) is 4.32. The van der Waals surface area contributed by atoms with Gasteiger partial charge in [-0.25, -0.2) is 4.39 Å². The Morgan fingerprint density at radius 1 is 1.38 bits per heavy atom. The largest absolute Gasteiger partial charge is 0.466 e. The first-order chi connectivity index (χ1) is 9.79. The van der Waals surface area contributed by atoms with Gasteiger partial charge in [-0.15, -0.1) is 0 Å². The number of nitro groups is 1. The molecule has 5 nitrogen and oxygen atoms in total. The van der Waals surface area contributed by atoms with Gasteiger partial charge in [-0.1, -0.05) is 0 Å². The van der Waals surface area contributed by atoms with Crippen molar-refractivity contribution in [1.29, 1.82) is 0 Å². The average molecular weight is 357 g/mol. The summed E-state index contributed by atoms with van der Waals surface area (Å²) in [6.07, 6.45) is 0. The van der Waals surface area contributed by atoms with Crippen LogP contribution in [0.3, 0.4) is 0 Å². The Morgan fingerprint density at radius 2 is 2.05 bits per heavy atom. The lowest BCUT2D eigenvalue weighted by Crippen LogP contribution is -2.09. The molecule has 0 saturated carbocycles. The summed E-state index contributed by atoms with van der Waals surface area (Å²) >= 11 is 2.95. The maximum absolute atomic E-state index is 13.6. The van der Waals surface area contributed by atoms with Gasteiger partial charge in [0.2, 0.25) is 0 Å². The lowest BCUT2D eigenvalue weighted by molar-refractivity contribution is -0.384. The van der Waals surface area contributed by atoms with E-state index in [2.05, 4.69) is 21.2 Å². The minimum atomic E-state index is -0.560. The fourth-order valence-corrected chi connectivity index (χ4v) is 2.53. The number of nitrogens with one attached hydrogen (secondary N) is 1. The van der Waals surface area contributed by atoms with Crippen molar-refractivity contribution in [3.05, 3.63) is 55.7 Å². The minimum Gasteiger partial charge on any atom is -0.466 e. The highest BCUT2D eigenvalue weighted by Crippen LogP contribution is 2.33. The van der Waals surface area contributed by atoms with E-state index < -0.39 is 10.7 Å². The number of halogens is 2. The van der Waals surface area contributed by atoms with E-state index in [4.69, 9.17) is 4.42 Å². The van der Waals surface area contributed by atoms with Crippen LogP contribution in [0.5, 0.6) is 0 Å². The highest BCUT2D eigenvalue weighted by Gasteiger charge is 2.21. The Bertz CT molecular complexity index is 700. The molecular weight excluding hydrogens is 343 g/mol. The van der Waals surface area contributed by atoms with Crippen LogP contribution in [0.1, 0.15) is 30.0 Å². The van der Waals surface area contributed by atoms with Crippen molar-refractivity contribution in [2.45, 2.75) is 26.8 Å². The van der Waals surface area contributed by atoms with E-state index in [1.54, 1.807) is 0 Å². The zero-order valence-corrected chi connectivity index (χ0v) is 13.3. The van der Waals surface area contributed by atoms with Gasteiger partial charge in [-0.3, -0.25) is 10.1 Å². The topological polar surface area (TPSA) is 68.3 Å². The van der Waals surface area contributed by atoms with Crippen LogP contribution in [0.25, 0.3) is 0 Å². The van der Waals surface area contributed by atoms with Crippen molar-refractivity contribution in [2.24, 2.45) is 0 Å². The molecule has 0 fully saturated rings. The summed E-state index contributed by atoms with van der Waals surface area (Å²) in [5.74, 6) is 0.927. The van der Waals surface area contributed by atoms with E-state index in [0.29, 0.717) is 0 Å². The Morgan fingerprint density at radius 3 is 2.57 bits per heavy atom. The maximum atomic E-state index is 13.6. The van der Waals surface area contributed by atoms with E-state index in [1.165, 1.54) is 0 Å². The molecule has 1 aromatic carbocycles. The van der Waals surface area contributed by atoms with Crippen LogP contribution in [0.15, 0.2) is 27.1 Å². The molecule has 2 aromatic rings. The highest BCUT2D eigenvalue weighted by molar-refractivity contribution is 9.10. The molecule has 0 saturated heterocycles. The van der Waals surface area contributed by atoms with Gasteiger partial charge in [-0.05, 0) is 42.8 Å². The SMILES string of the molecule is Cc1cc(C(C)Nc2cc(F)c(Br)cc2[N+](=O)[O-])c(C)o1. The van der Waals surface area contributed by atoms with E-state index in [0.717, 1.165) is 29.2 Å². The predicted molar refractivity (Wildman–Crippen MR) is 81.0 cm³/mol. The second-order valence-electron chi connectivity index (χ2n) is 4.78. The van der Waals surface area contributed by atoms with E-state index in [1.807, 2.05) is 26.8 Å². The molecule has 0 aliphatic heterocycles. The number of furan rings is 1. The minimum absolute atomic E-state index is 0.0581. The first-order valence-corrected chi connectivity index (χ1v) is 7.05. The van der Waals surface area contributed by atoms with E-state index in [-0.39, 0.29) is 21.9 Å². The first-order valence-electron chi connectivity index (χ1n) is 6.26. The van der Waals surface area contributed by atoms with Gasteiger partial charge in [0.1, 0.15) is 23.0 Å². The molecule has 1 atom stereocenters. The number of hydrogen-bond acceptors (Lipinski definition) is 4. The van der Waals surface area contributed by atoms with Crippen molar-refractivity contribution in [1.82, 2.24) is 0 Å². The van der Waals surface area contributed by atoms with Crippen LogP contribution in [-0.4, -0.2) is 4.92 Å². The van der Waals surface area contributed by atoms with Crippen molar-refractivity contribution >= 4 is 27.3 Å².